The summed E-state index contributed by atoms with van der Waals surface area (Å²) in [4.78, 5) is 22.9. The first-order valence-corrected chi connectivity index (χ1v) is 9.44. The molecule has 0 unspecified atom stereocenters. The van der Waals surface area contributed by atoms with E-state index in [0.29, 0.717) is 12.8 Å². The predicted octanol–water partition coefficient (Wildman–Crippen LogP) is -3.02. The van der Waals surface area contributed by atoms with Crippen LogP contribution in [0.25, 0.3) is 0 Å². The Balaban J connectivity index is -0.00000242. The van der Waals surface area contributed by atoms with Crippen molar-refractivity contribution in [3.63, 3.8) is 0 Å². The van der Waals surface area contributed by atoms with Gasteiger partial charge in [0, 0.05) is 5.41 Å². The van der Waals surface area contributed by atoms with Crippen LogP contribution in [0.1, 0.15) is 104 Å². The first kappa shape index (κ1) is 30.9. The minimum absolute atomic E-state index is 0. The third-order valence-electron chi connectivity index (χ3n) is 4.70. The molecule has 0 spiro atoms. The van der Waals surface area contributed by atoms with Gasteiger partial charge in [-0.3, -0.25) is 0 Å². The quantitative estimate of drug-likeness (QED) is 0.164. The van der Waals surface area contributed by atoms with Gasteiger partial charge in [0.05, 0.1) is 11.9 Å². The molecule has 0 aromatic rings. The van der Waals surface area contributed by atoms with Gasteiger partial charge in [-0.2, -0.15) is 0 Å². The normalized spacial score (nSPS) is 10.6. The van der Waals surface area contributed by atoms with Crippen molar-refractivity contribution in [1.82, 2.24) is 0 Å². The minimum Gasteiger partial charge on any atom is -0.549 e. The number of unbranched alkanes of at least 4 members (excludes halogenated alkanes) is 10. The van der Waals surface area contributed by atoms with Crippen molar-refractivity contribution in [2.75, 3.05) is 0 Å². The van der Waals surface area contributed by atoms with Gasteiger partial charge in [-0.05, 0) is 12.8 Å². The Kier molecular flexibility index (Phi) is 24.6. The molecule has 0 amide bonds. The summed E-state index contributed by atoms with van der Waals surface area (Å²) in [6.07, 6.45) is 12.2. The van der Waals surface area contributed by atoms with Gasteiger partial charge in [-0.15, -0.1) is 0 Å². The Hall–Kier alpha value is 1.17. The van der Waals surface area contributed by atoms with Crippen molar-refractivity contribution in [3.05, 3.63) is 0 Å². The minimum atomic E-state index is -1.80. The molecule has 0 aromatic heterocycles. The molecule has 0 atom stereocenters. The van der Waals surface area contributed by atoms with E-state index in [1.165, 1.54) is 12.8 Å². The number of rotatable bonds is 16. The smallest absolute Gasteiger partial charge is 0.549 e. The van der Waals surface area contributed by atoms with Crippen molar-refractivity contribution >= 4 is 11.9 Å². The Bertz CT molecular complexity index is 305. The van der Waals surface area contributed by atoms with E-state index in [9.17, 15) is 19.8 Å². The van der Waals surface area contributed by atoms with Gasteiger partial charge in [0.1, 0.15) is 0 Å². The average Bonchev–Trinajstić information content (AvgIpc) is 2.51. The molecule has 0 aliphatic carbocycles. The van der Waals surface area contributed by atoms with Crippen LogP contribution in [0.4, 0.5) is 0 Å². The third kappa shape index (κ3) is 13.9. The molecule has 0 heterocycles. The number of hydrogen-bond acceptors (Lipinski definition) is 4. The van der Waals surface area contributed by atoms with Gasteiger partial charge >= 0.3 is 70.2 Å². The predicted molar refractivity (Wildman–Crippen MR) is 88.4 cm³/mol. The van der Waals surface area contributed by atoms with Crippen LogP contribution >= 0.6 is 0 Å². The second-order valence-corrected chi connectivity index (χ2v) is 6.69. The van der Waals surface area contributed by atoms with Crippen molar-refractivity contribution in [1.29, 1.82) is 0 Å². The van der Waals surface area contributed by atoms with Crippen LogP contribution in [0.3, 0.4) is 0 Å². The summed E-state index contributed by atoms with van der Waals surface area (Å²) in [5.41, 5.74) is -1.80. The number of carbonyl (C=O) groups excluding carboxylic acids is 2. The summed E-state index contributed by atoms with van der Waals surface area (Å²) in [6.45, 7) is 4.27. The summed E-state index contributed by atoms with van der Waals surface area (Å²) in [5, 5.41) is 22.9. The molecule has 4 nitrogen and oxygen atoms in total. The van der Waals surface area contributed by atoms with Crippen LogP contribution in [0.15, 0.2) is 0 Å². The fourth-order valence-corrected chi connectivity index (χ4v) is 3.03. The van der Waals surface area contributed by atoms with E-state index in [1.807, 2.05) is 0 Å². The van der Waals surface area contributed by atoms with Gasteiger partial charge in [-0.25, -0.2) is 0 Å². The molecule has 0 fully saturated rings. The second kappa shape index (κ2) is 19.9. The molecule has 0 bridgehead atoms. The third-order valence-corrected chi connectivity index (χ3v) is 4.70. The Morgan fingerprint density at radius 2 is 0.920 bits per heavy atom. The van der Waals surface area contributed by atoms with E-state index in [2.05, 4.69) is 13.8 Å². The van der Waals surface area contributed by atoms with E-state index in [0.717, 1.165) is 51.4 Å². The molecule has 25 heavy (non-hydrogen) atoms. The first-order chi connectivity index (χ1) is 11.0. The Morgan fingerprint density at radius 3 is 1.20 bits per heavy atom. The molecule has 0 aromatic carbocycles. The number of aliphatic carboxylic acids is 2. The second-order valence-electron chi connectivity index (χ2n) is 6.69. The fraction of sp³-hybridized carbons (Fsp3) is 0.895. The van der Waals surface area contributed by atoms with E-state index in [1.54, 1.807) is 0 Å². The molecule has 136 valence electrons. The topological polar surface area (TPSA) is 80.3 Å². The molecule has 0 saturated carbocycles. The zero-order valence-corrected chi connectivity index (χ0v) is 20.2. The summed E-state index contributed by atoms with van der Waals surface area (Å²) < 4.78 is 0. The summed E-state index contributed by atoms with van der Waals surface area (Å²) in [5.74, 6) is -2.95. The van der Waals surface area contributed by atoms with Gasteiger partial charge in [0.25, 0.3) is 0 Å². The Labute approximate surface area is 208 Å². The van der Waals surface area contributed by atoms with Crippen LogP contribution in [-0.4, -0.2) is 11.9 Å². The molecule has 0 aliphatic rings. The van der Waals surface area contributed by atoms with Crippen LogP contribution < -0.4 is 80.5 Å². The van der Waals surface area contributed by atoms with Crippen LogP contribution in [0, 0.1) is 5.41 Å². The maximum Gasteiger partial charge on any atom is 1.00 e. The summed E-state index contributed by atoms with van der Waals surface area (Å²) in [6, 6.07) is 0. The standard InChI is InChI=1S/C19H36O4.K.Li/c1-3-5-7-9-11-13-15-19(17(20)21,18(22)23)16-14-12-10-8-6-4-2;;/h3-16H2,1-2H3,(H,20,21)(H,22,23);;/q;2*+1/p-2. The maximum absolute atomic E-state index is 11.5. The van der Waals surface area contributed by atoms with Gasteiger partial charge < -0.3 is 19.8 Å². The molecule has 0 saturated heterocycles. The number of carbonyl (C=O) groups is 2. The molecular weight excluding hydrogens is 338 g/mol. The fourth-order valence-electron chi connectivity index (χ4n) is 3.03. The SMILES string of the molecule is CCCCCCCCC(CCCCCCCC)(C(=O)[O-])C(=O)[O-].[K+].[Li+]. The van der Waals surface area contributed by atoms with Gasteiger partial charge in [-0.1, -0.05) is 90.9 Å². The summed E-state index contributed by atoms with van der Waals surface area (Å²) >= 11 is 0. The molecule has 0 aliphatic heterocycles. The maximum atomic E-state index is 11.5. The van der Waals surface area contributed by atoms with Crippen molar-refractivity contribution in [3.8, 4) is 0 Å². The molecular formula is C19H34KLiO4. The Morgan fingerprint density at radius 1 is 0.640 bits per heavy atom. The number of hydrogen-bond donors (Lipinski definition) is 0. The van der Waals surface area contributed by atoms with E-state index in [-0.39, 0.29) is 83.1 Å². The number of carboxylic acid groups (broad SMARTS) is 2. The molecule has 0 radical (unpaired) electrons. The molecule has 0 N–H and O–H groups in total. The van der Waals surface area contributed by atoms with Gasteiger partial charge in [0.15, 0.2) is 0 Å². The van der Waals surface area contributed by atoms with E-state index >= 15 is 0 Å². The molecule has 6 heteroatoms. The van der Waals surface area contributed by atoms with Crippen molar-refractivity contribution in [2.24, 2.45) is 5.41 Å². The van der Waals surface area contributed by atoms with Crippen LogP contribution in [-0.2, 0) is 9.59 Å². The van der Waals surface area contributed by atoms with Crippen LogP contribution in [0.2, 0.25) is 0 Å². The molecule has 0 rings (SSSR count). The van der Waals surface area contributed by atoms with E-state index in [4.69, 9.17) is 0 Å². The monoisotopic (exact) mass is 372 g/mol. The summed E-state index contributed by atoms with van der Waals surface area (Å²) in [7, 11) is 0. The number of carboxylic acids is 2. The van der Waals surface area contributed by atoms with Crippen molar-refractivity contribution in [2.45, 2.75) is 104 Å². The average molecular weight is 373 g/mol. The van der Waals surface area contributed by atoms with Crippen LogP contribution in [0.5, 0.6) is 0 Å². The zero-order chi connectivity index (χ0) is 17.6. The first-order valence-electron chi connectivity index (χ1n) is 9.44. The largest absolute Gasteiger partial charge is 1.00 e. The zero-order valence-electron chi connectivity index (χ0n) is 17.0. The van der Waals surface area contributed by atoms with E-state index < -0.39 is 17.4 Å². The van der Waals surface area contributed by atoms with Gasteiger partial charge in [0.2, 0.25) is 0 Å². The van der Waals surface area contributed by atoms with Crippen molar-refractivity contribution < 1.29 is 90.0 Å².